The molecule has 7 rings (SSSR count). The zero-order valence-corrected chi connectivity index (χ0v) is 28.0. The van der Waals surface area contributed by atoms with Gasteiger partial charge in [-0.1, -0.05) is 50.2 Å². The van der Waals surface area contributed by atoms with Gasteiger partial charge in [0, 0.05) is 25.7 Å². The van der Waals surface area contributed by atoms with Crippen LogP contribution in [0.1, 0.15) is 91.9 Å². The molecule has 0 radical (unpaired) electrons. The Morgan fingerprint density at radius 3 is 1.22 bits per heavy atom. The third-order valence-electron chi connectivity index (χ3n) is 8.71. The molecule has 0 spiro atoms. The number of aromatic carboxylic acids is 2. The van der Waals surface area contributed by atoms with Crippen LogP contribution in [0, 0.1) is 0 Å². The van der Waals surface area contributed by atoms with Crippen molar-refractivity contribution in [2.45, 2.75) is 52.4 Å². The van der Waals surface area contributed by atoms with E-state index in [0.29, 0.717) is 75.1 Å². The average Bonchev–Trinajstić information content (AvgIpc) is 3.07. The number of fused-ring (bicyclic) bond motifs is 6. The molecule has 3 aliphatic rings. The third-order valence-corrected chi connectivity index (χ3v) is 8.71. The van der Waals surface area contributed by atoms with Crippen molar-refractivity contribution in [2.75, 3.05) is 39.6 Å². The van der Waals surface area contributed by atoms with Crippen molar-refractivity contribution < 1.29 is 43.5 Å². The normalized spacial score (nSPS) is 14.2. The molecule has 9 nitrogen and oxygen atoms in total. The maximum absolute atomic E-state index is 12.5. The van der Waals surface area contributed by atoms with Gasteiger partial charge in [-0.25, -0.2) is 9.59 Å². The van der Waals surface area contributed by atoms with Gasteiger partial charge in [0.2, 0.25) is 0 Å². The predicted molar refractivity (Wildman–Crippen MR) is 184 cm³/mol. The second-order valence-electron chi connectivity index (χ2n) is 12.4. The first-order valence-corrected chi connectivity index (χ1v) is 16.9. The van der Waals surface area contributed by atoms with Gasteiger partial charge >= 0.3 is 11.9 Å². The van der Waals surface area contributed by atoms with E-state index < -0.39 is 11.9 Å². The fourth-order valence-corrected chi connectivity index (χ4v) is 6.59. The Hall–Kier alpha value is -5.02. The number of carboxylic acids is 2. The van der Waals surface area contributed by atoms with Gasteiger partial charge in [-0.3, -0.25) is 0 Å². The van der Waals surface area contributed by atoms with E-state index in [1.54, 1.807) is 24.3 Å². The van der Waals surface area contributed by atoms with Crippen LogP contribution in [-0.4, -0.2) is 61.8 Å². The molecule has 2 heterocycles. The lowest BCUT2D eigenvalue weighted by Gasteiger charge is -2.24. The number of para-hydroxylation sites is 2. The lowest BCUT2D eigenvalue weighted by Crippen LogP contribution is -2.16. The second-order valence-corrected chi connectivity index (χ2v) is 12.4. The maximum atomic E-state index is 12.5. The SMILES string of the molecule is CCCOc1c2cccc1Cc1cc(C(=O)O)cc3c1OCCOCCOc1c(cc(C(=O)O)cc1Cc1cccc(c1OCCC)C3)C2. The molecule has 10 bridgehead atoms. The number of carboxylic acid groups (broad SMARTS) is 2. The summed E-state index contributed by atoms with van der Waals surface area (Å²) in [5, 5.41) is 20.5. The van der Waals surface area contributed by atoms with Crippen LogP contribution in [0.15, 0.2) is 60.7 Å². The van der Waals surface area contributed by atoms with Crippen molar-refractivity contribution in [3.05, 3.63) is 116 Å². The molecule has 49 heavy (non-hydrogen) atoms. The molecule has 1 aliphatic carbocycles. The highest BCUT2D eigenvalue weighted by Crippen LogP contribution is 2.40. The van der Waals surface area contributed by atoms with Crippen LogP contribution < -0.4 is 18.9 Å². The van der Waals surface area contributed by atoms with E-state index in [9.17, 15) is 19.8 Å². The minimum atomic E-state index is -1.03. The highest BCUT2D eigenvalue weighted by Gasteiger charge is 2.25. The zero-order valence-electron chi connectivity index (χ0n) is 28.0. The molecule has 9 heteroatoms. The molecule has 0 unspecified atom stereocenters. The van der Waals surface area contributed by atoms with Crippen LogP contribution >= 0.6 is 0 Å². The highest BCUT2D eigenvalue weighted by atomic mass is 16.5. The van der Waals surface area contributed by atoms with Gasteiger partial charge in [-0.05, 0) is 81.6 Å². The first kappa shape index (κ1) is 33.9. The second kappa shape index (κ2) is 15.5. The van der Waals surface area contributed by atoms with Gasteiger partial charge < -0.3 is 33.9 Å². The Morgan fingerprint density at radius 1 is 0.571 bits per heavy atom. The molecule has 2 N–H and O–H groups in total. The summed E-state index contributed by atoms with van der Waals surface area (Å²) < 4.78 is 31.7. The number of hydrogen-bond acceptors (Lipinski definition) is 7. The fraction of sp³-hybridized carbons (Fsp3) is 0.350. The van der Waals surface area contributed by atoms with E-state index in [0.717, 1.165) is 57.3 Å². The van der Waals surface area contributed by atoms with E-state index >= 15 is 0 Å². The van der Waals surface area contributed by atoms with Gasteiger partial charge in [0.25, 0.3) is 0 Å². The maximum Gasteiger partial charge on any atom is 0.335 e. The zero-order chi connectivity index (χ0) is 34.3. The third kappa shape index (κ3) is 7.67. The largest absolute Gasteiger partial charge is 0.493 e. The lowest BCUT2D eigenvalue weighted by atomic mass is 9.89. The standard InChI is InChI=1S/C40H42O9/c1-3-11-46-35-25-7-5-8-26(35)18-30-22-34(40(43)44)24-32-20-28-10-6-9-27(36(28)47-12-4-2)19-31-23-33(39(41)42)21-29(17-25)37(31)48-15-13-45-14-16-49-38(30)32/h5-10,21-24H,3-4,11-20H2,1-2H3,(H,41,42)(H,43,44). The van der Waals surface area contributed by atoms with Crippen molar-refractivity contribution in [3.63, 3.8) is 0 Å². The smallest absolute Gasteiger partial charge is 0.335 e. The molecule has 4 aromatic rings. The van der Waals surface area contributed by atoms with Crippen LogP contribution in [0.2, 0.25) is 0 Å². The van der Waals surface area contributed by atoms with Gasteiger partial charge in [-0.2, -0.15) is 0 Å². The molecule has 0 atom stereocenters. The monoisotopic (exact) mass is 666 g/mol. The molecule has 0 aromatic heterocycles. The Labute approximate surface area is 286 Å². The van der Waals surface area contributed by atoms with Gasteiger partial charge in [0.1, 0.15) is 36.2 Å². The molecule has 0 fully saturated rings. The summed E-state index contributed by atoms with van der Waals surface area (Å²) in [5.41, 5.74) is 6.69. The summed E-state index contributed by atoms with van der Waals surface area (Å²) in [5.74, 6) is 0.549. The van der Waals surface area contributed by atoms with Crippen LogP contribution in [0.4, 0.5) is 0 Å². The summed E-state index contributed by atoms with van der Waals surface area (Å²) in [7, 11) is 0. The van der Waals surface area contributed by atoms with Gasteiger partial charge in [0.05, 0.1) is 37.6 Å². The quantitative estimate of drug-likeness (QED) is 0.167. The minimum Gasteiger partial charge on any atom is -0.493 e. The van der Waals surface area contributed by atoms with Gasteiger partial charge in [0.15, 0.2) is 0 Å². The van der Waals surface area contributed by atoms with Crippen LogP contribution in [-0.2, 0) is 30.4 Å². The first-order chi connectivity index (χ1) is 23.9. The first-order valence-electron chi connectivity index (χ1n) is 16.9. The lowest BCUT2D eigenvalue weighted by molar-refractivity contribution is 0.0685. The Morgan fingerprint density at radius 2 is 0.918 bits per heavy atom. The Bertz CT molecular complexity index is 1620. The van der Waals surface area contributed by atoms with Crippen molar-refractivity contribution in [3.8, 4) is 23.0 Å². The molecule has 2 aliphatic heterocycles. The Kier molecular flexibility index (Phi) is 10.7. The predicted octanol–water partition coefficient (Wildman–Crippen LogP) is 7.13. The molecule has 0 saturated heterocycles. The summed E-state index contributed by atoms with van der Waals surface area (Å²) in [6.07, 6.45) is 2.96. The van der Waals surface area contributed by atoms with Crippen LogP contribution in [0.25, 0.3) is 0 Å². The molecule has 0 saturated carbocycles. The van der Waals surface area contributed by atoms with Gasteiger partial charge in [-0.15, -0.1) is 0 Å². The highest BCUT2D eigenvalue weighted by molar-refractivity contribution is 5.89. The number of carbonyl (C=O) groups is 2. The van der Waals surface area contributed by atoms with Crippen molar-refractivity contribution in [1.82, 2.24) is 0 Å². The Balaban J connectivity index is 1.69. The van der Waals surface area contributed by atoms with Crippen LogP contribution in [0.3, 0.4) is 0 Å². The summed E-state index contributed by atoms with van der Waals surface area (Å²) in [6, 6.07) is 18.6. The number of benzene rings is 4. The van der Waals surface area contributed by atoms with E-state index in [1.165, 1.54) is 0 Å². The fourth-order valence-electron chi connectivity index (χ4n) is 6.59. The van der Waals surface area contributed by atoms with E-state index in [-0.39, 0.29) is 24.3 Å². The minimum absolute atomic E-state index is 0.168. The van der Waals surface area contributed by atoms with E-state index in [4.69, 9.17) is 23.7 Å². The van der Waals surface area contributed by atoms with Crippen molar-refractivity contribution in [2.24, 2.45) is 0 Å². The summed E-state index contributed by atoms with van der Waals surface area (Å²) in [4.78, 5) is 25.1. The van der Waals surface area contributed by atoms with E-state index in [1.807, 2.05) is 50.2 Å². The molecular formula is C40H42O9. The number of rotatable bonds is 8. The van der Waals surface area contributed by atoms with Crippen LogP contribution in [0.5, 0.6) is 23.0 Å². The molecule has 256 valence electrons. The summed E-state index contributed by atoms with van der Waals surface area (Å²) in [6.45, 7) is 6.11. The number of ether oxygens (including phenoxy) is 5. The molecular weight excluding hydrogens is 624 g/mol. The topological polar surface area (TPSA) is 121 Å². The summed E-state index contributed by atoms with van der Waals surface area (Å²) >= 11 is 0. The molecule has 4 aromatic carbocycles. The van der Waals surface area contributed by atoms with Crippen molar-refractivity contribution >= 4 is 11.9 Å². The molecule has 0 amide bonds. The number of hydrogen-bond donors (Lipinski definition) is 2. The average molecular weight is 667 g/mol. The van der Waals surface area contributed by atoms with Crippen molar-refractivity contribution in [1.29, 1.82) is 0 Å². The van der Waals surface area contributed by atoms with E-state index in [2.05, 4.69) is 0 Å².